The summed E-state index contributed by atoms with van der Waals surface area (Å²) in [6.07, 6.45) is 8.50. The lowest BCUT2D eigenvalue weighted by molar-refractivity contribution is 0.0928. The van der Waals surface area contributed by atoms with E-state index in [4.69, 9.17) is 0 Å². The molecule has 0 atom stereocenters. The van der Waals surface area contributed by atoms with Gasteiger partial charge in [0.1, 0.15) is 17.8 Å². The molecule has 24 heavy (non-hydrogen) atoms. The molecular formula is C19H24N4O. The Balaban J connectivity index is 1.58. The Labute approximate surface area is 142 Å². The van der Waals surface area contributed by atoms with Gasteiger partial charge in [0, 0.05) is 18.7 Å². The van der Waals surface area contributed by atoms with Crippen molar-refractivity contribution in [3.05, 3.63) is 54.0 Å². The third-order valence-electron chi connectivity index (χ3n) is 4.41. The van der Waals surface area contributed by atoms with E-state index in [-0.39, 0.29) is 11.9 Å². The second-order valence-electron chi connectivity index (χ2n) is 6.29. The Kier molecular flexibility index (Phi) is 5.77. The number of carbonyl (C=O) groups excluding carboxylic acids is 1. The van der Waals surface area contributed by atoms with Crippen LogP contribution in [0.15, 0.2) is 42.7 Å². The number of nitrogens with one attached hydrogen (secondary N) is 2. The Morgan fingerprint density at radius 3 is 2.54 bits per heavy atom. The molecule has 2 N–H and O–H groups in total. The van der Waals surface area contributed by atoms with E-state index in [9.17, 15) is 4.79 Å². The van der Waals surface area contributed by atoms with E-state index in [2.05, 4.69) is 20.6 Å². The van der Waals surface area contributed by atoms with E-state index in [0.29, 0.717) is 18.1 Å². The normalized spacial score (nSPS) is 15.5. The van der Waals surface area contributed by atoms with Gasteiger partial charge in [-0.2, -0.15) is 0 Å². The van der Waals surface area contributed by atoms with Gasteiger partial charge in [-0.15, -0.1) is 0 Å². The number of carbonyl (C=O) groups is 1. The molecule has 1 heterocycles. The fraction of sp³-hybridized carbons (Fsp3) is 0.421. The summed E-state index contributed by atoms with van der Waals surface area (Å²) in [6, 6.07) is 12.1. The van der Waals surface area contributed by atoms with Crippen LogP contribution in [0.1, 0.15) is 54.6 Å². The van der Waals surface area contributed by atoms with E-state index < -0.39 is 0 Å². The molecule has 126 valence electrons. The van der Waals surface area contributed by atoms with Crippen molar-refractivity contribution in [3.8, 4) is 0 Å². The molecule has 1 aromatic carbocycles. The van der Waals surface area contributed by atoms with Crippen molar-refractivity contribution >= 4 is 11.7 Å². The lowest BCUT2D eigenvalue weighted by atomic mass is 10.1. The molecule has 2 aromatic rings. The predicted molar refractivity (Wildman–Crippen MR) is 94.8 cm³/mol. The van der Waals surface area contributed by atoms with Crippen LogP contribution in [0, 0.1) is 0 Å². The van der Waals surface area contributed by atoms with Crippen LogP contribution in [-0.2, 0) is 6.54 Å². The first kappa shape index (κ1) is 16.4. The summed E-state index contributed by atoms with van der Waals surface area (Å²) in [5.74, 6) is 0.562. The van der Waals surface area contributed by atoms with Gasteiger partial charge in [0.15, 0.2) is 0 Å². The molecule has 0 radical (unpaired) electrons. The molecule has 0 spiro atoms. The summed E-state index contributed by atoms with van der Waals surface area (Å²) in [4.78, 5) is 20.7. The maximum atomic E-state index is 12.4. The zero-order chi connectivity index (χ0) is 16.6. The van der Waals surface area contributed by atoms with Crippen LogP contribution in [0.2, 0.25) is 0 Å². The highest BCUT2D eigenvalue weighted by Gasteiger charge is 2.16. The molecule has 1 aliphatic rings. The number of aromatic nitrogens is 2. The summed E-state index contributed by atoms with van der Waals surface area (Å²) in [5, 5.41) is 6.36. The van der Waals surface area contributed by atoms with Crippen LogP contribution in [0.25, 0.3) is 0 Å². The summed E-state index contributed by atoms with van der Waals surface area (Å²) >= 11 is 0. The van der Waals surface area contributed by atoms with Crippen LogP contribution in [0.5, 0.6) is 0 Å². The van der Waals surface area contributed by atoms with Gasteiger partial charge in [-0.25, -0.2) is 9.97 Å². The standard InChI is InChI=1S/C19H24N4O/c24-19(23-16-10-6-1-2-7-11-16)17-12-18(22-14-21-17)20-13-15-8-4-3-5-9-15/h3-5,8-9,12,14,16H,1-2,6-7,10-11,13H2,(H,23,24)(H,20,21,22). The Morgan fingerprint density at radius 1 is 1.04 bits per heavy atom. The number of rotatable bonds is 5. The maximum Gasteiger partial charge on any atom is 0.270 e. The van der Waals surface area contributed by atoms with Crippen molar-refractivity contribution in [2.75, 3.05) is 5.32 Å². The summed E-state index contributed by atoms with van der Waals surface area (Å²) in [5.41, 5.74) is 1.59. The highest BCUT2D eigenvalue weighted by molar-refractivity contribution is 5.93. The lowest BCUT2D eigenvalue weighted by Crippen LogP contribution is -2.34. The molecule has 0 aliphatic heterocycles. The number of hydrogen-bond acceptors (Lipinski definition) is 4. The molecule has 1 amide bonds. The predicted octanol–water partition coefficient (Wildman–Crippen LogP) is 3.54. The highest BCUT2D eigenvalue weighted by Crippen LogP contribution is 2.17. The first-order valence-corrected chi connectivity index (χ1v) is 8.72. The molecule has 0 unspecified atom stereocenters. The molecule has 3 rings (SSSR count). The minimum Gasteiger partial charge on any atom is -0.366 e. The number of anilines is 1. The van der Waals surface area contributed by atoms with Gasteiger partial charge in [0.2, 0.25) is 0 Å². The molecule has 5 heteroatoms. The molecule has 0 bridgehead atoms. The van der Waals surface area contributed by atoms with Crippen LogP contribution in [0.3, 0.4) is 0 Å². The second-order valence-corrected chi connectivity index (χ2v) is 6.29. The van der Waals surface area contributed by atoms with Gasteiger partial charge >= 0.3 is 0 Å². The van der Waals surface area contributed by atoms with Crippen LogP contribution in [0.4, 0.5) is 5.82 Å². The molecule has 1 fully saturated rings. The molecule has 1 saturated carbocycles. The zero-order valence-corrected chi connectivity index (χ0v) is 13.9. The van der Waals surface area contributed by atoms with Crippen LogP contribution >= 0.6 is 0 Å². The number of benzene rings is 1. The van der Waals surface area contributed by atoms with E-state index >= 15 is 0 Å². The molecule has 0 saturated heterocycles. The van der Waals surface area contributed by atoms with Crippen molar-refractivity contribution in [3.63, 3.8) is 0 Å². The van der Waals surface area contributed by atoms with Crippen molar-refractivity contribution in [1.29, 1.82) is 0 Å². The van der Waals surface area contributed by atoms with Gasteiger partial charge in [-0.1, -0.05) is 56.0 Å². The Morgan fingerprint density at radius 2 is 1.79 bits per heavy atom. The lowest BCUT2D eigenvalue weighted by Gasteiger charge is -2.16. The van der Waals surface area contributed by atoms with Crippen molar-refractivity contribution in [2.24, 2.45) is 0 Å². The minimum atomic E-state index is -0.105. The average Bonchev–Trinajstić information content (AvgIpc) is 2.90. The fourth-order valence-electron chi connectivity index (χ4n) is 3.05. The van der Waals surface area contributed by atoms with Gasteiger partial charge < -0.3 is 10.6 Å². The molecule has 5 nitrogen and oxygen atoms in total. The zero-order valence-electron chi connectivity index (χ0n) is 13.9. The van der Waals surface area contributed by atoms with Crippen LogP contribution in [-0.4, -0.2) is 21.9 Å². The smallest absolute Gasteiger partial charge is 0.270 e. The van der Waals surface area contributed by atoms with Gasteiger partial charge in [0.05, 0.1) is 0 Å². The molecule has 1 aromatic heterocycles. The van der Waals surface area contributed by atoms with Crippen molar-refractivity contribution in [2.45, 2.75) is 51.1 Å². The summed E-state index contributed by atoms with van der Waals surface area (Å²) in [6.45, 7) is 0.668. The molecule has 1 aliphatic carbocycles. The number of amides is 1. The second kappa shape index (κ2) is 8.43. The largest absolute Gasteiger partial charge is 0.366 e. The van der Waals surface area contributed by atoms with Gasteiger partial charge in [-0.05, 0) is 18.4 Å². The summed E-state index contributed by atoms with van der Waals surface area (Å²) < 4.78 is 0. The quantitative estimate of drug-likeness (QED) is 0.826. The monoisotopic (exact) mass is 324 g/mol. The minimum absolute atomic E-state index is 0.105. The van der Waals surface area contributed by atoms with E-state index in [1.165, 1.54) is 37.6 Å². The first-order valence-electron chi connectivity index (χ1n) is 8.72. The van der Waals surface area contributed by atoms with Gasteiger partial charge in [-0.3, -0.25) is 4.79 Å². The van der Waals surface area contributed by atoms with Crippen LogP contribution < -0.4 is 10.6 Å². The number of hydrogen-bond donors (Lipinski definition) is 2. The number of nitrogens with zero attached hydrogens (tertiary/aromatic N) is 2. The Hall–Kier alpha value is -2.43. The topological polar surface area (TPSA) is 66.9 Å². The third kappa shape index (κ3) is 4.78. The summed E-state index contributed by atoms with van der Waals surface area (Å²) in [7, 11) is 0. The van der Waals surface area contributed by atoms with E-state index in [1.807, 2.05) is 30.3 Å². The third-order valence-corrected chi connectivity index (χ3v) is 4.41. The van der Waals surface area contributed by atoms with Crippen molar-refractivity contribution in [1.82, 2.24) is 15.3 Å². The highest BCUT2D eigenvalue weighted by atomic mass is 16.1. The fourth-order valence-corrected chi connectivity index (χ4v) is 3.05. The molecular weight excluding hydrogens is 300 g/mol. The van der Waals surface area contributed by atoms with Gasteiger partial charge in [0.25, 0.3) is 5.91 Å². The maximum absolute atomic E-state index is 12.4. The first-order chi connectivity index (χ1) is 11.8. The van der Waals surface area contributed by atoms with E-state index in [0.717, 1.165) is 12.8 Å². The Bertz CT molecular complexity index is 651. The van der Waals surface area contributed by atoms with E-state index in [1.54, 1.807) is 6.07 Å². The average molecular weight is 324 g/mol. The SMILES string of the molecule is O=C(NC1CCCCCC1)c1cc(NCc2ccccc2)ncn1. The van der Waals surface area contributed by atoms with Crippen molar-refractivity contribution < 1.29 is 4.79 Å².